The van der Waals surface area contributed by atoms with Crippen LogP contribution in [0.15, 0.2) is 102 Å². The quantitative estimate of drug-likeness (QED) is 0.167. The second-order valence-corrected chi connectivity index (χ2v) is 13.6. The van der Waals surface area contributed by atoms with E-state index in [0.717, 1.165) is 15.4 Å². The SMILES string of the molecule is CCCNC(=O)[C@H](Cc1ccccc1)N(Cc1ccccc1Cl)C(=O)CN(c1ccc(Cl)cc1C)S(=O)(=O)c1ccc(C)cc1. The summed E-state index contributed by atoms with van der Waals surface area (Å²) in [6.07, 6.45) is 0.929. The van der Waals surface area contributed by atoms with Gasteiger partial charge in [-0.25, -0.2) is 8.42 Å². The van der Waals surface area contributed by atoms with Crippen molar-refractivity contribution >= 4 is 50.7 Å². The lowest BCUT2D eigenvalue weighted by Crippen LogP contribution is -2.53. The number of hydrogen-bond acceptors (Lipinski definition) is 4. The van der Waals surface area contributed by atoms with Crippen molar-refractivity contribution in [1.82, 2.24) is 10.2 Å². The number of hydrogen-bond donors (Lipinski definition) is 1. The molecule has 4 aromatic rings. The van der Waals surface area contributed by atoms with Crippen LogP contribution in [0, 0.1) is 13.8 Å². The fourth-order valence-electron chi connectivity index (χ4n) is 4.98. The van der Waals surface area contributed by atoms with Crippen LogP contribution < -0.4 is 9.62 Å². The molecule has 4 aromatic carbocycles. The molecule has 1 N–H and O–H groups in total. The molecule has 0 spiro atoms. The van der Waals surface area contributed by atoms with Gasteiger partial charge >= 0.3 is 0 Å². The summed E-state index contributed by atoms with van der Waals surface area (Å²) in [6.45, 7) is 5.41. The monoisotopic (exact) mass is 665 g/mol. The number of aryl methyl sites for hydroxylation is 2. The lowest BCUT2D eigenvalue weighted by atomic mass is 10.0. The molecule has 0 bridgehead atoms. The summed E-state index contributed by atoms with van der Waals surface area (Å²) in [5.74, 6) is -0.899. The van der Waals surface area contributed by atoms with Crippen LogP contribution in [0.5, 0.6) is 0 Å². The molecule has 45 heavy (non-hydrogen) atoms. The Morgan fingerprint density at radius 3 is 2.18 bits per heavy atom. The smallest absolute Gasteiger partial charge is 0.264 e. The number of anilines is 1. The number of nitrogens with one attached hydrogen (secondary N) is 1. The molecule has 0 saturated carbocycles. The largest absolute Gasteiger partial charge is 0.354 e. The van der Waals surface area contributed by atoms with E-state index in [1.807, 2.05) is 44.2 Å². The van der Waals surface area contributed by atoms with Crippen LogP contribution in [0.2, 0.25) is 10.0 Å². The second-order valence-electron chi connectivity index (χ2n) is 10.9. The van der Waals surface area contributed by atoms with Crippen molar-refractivity contribution in [3.63, 3.8) is 0 Å². The Morgan fingerprint density at radius 2 is 1.53 bits per heavy atom. The Morgan fingerprint density at radius 1 is 0.867 bits per heavy atom. The van der Waals surface area contributed by atoms with Gasteiger partial charge < -0.3 is 10.2 Å². The molecule has 0 saturated heterocycles. The van der Waals surface area contributed by atoms with Gasteiger partial charge in [-0.2, -0.15) is 0 Å². The van der Waals surface area contributed by atoms with Crippen LogP contribution in [0.1, 0.15) is 35.6 Å². The van der Waals surface area contributed by atoms with Crippen molar-refractivity contribution in [1.29, 1.82) is 0 Å². The first-order valence-electron chi connectivity index (χ1n) is 14.7. The second kappa shape index (κ2) is 15.4. The summed E-state index contributed by atoms with van der Waals surface area (Å²) in [5.41, 5.74) is 3.26. The van der Waals surface area contributed by atoms with E-state index in [0.29, 0.717) is 39.8 Å². The zero-order chi connectivity index (χ0) is 32.6. The van der Waals surface area contributed by atoms with E-state index >= 15 is 0 Å². The van der Waals surface area contributed by atoms with E-state index in [2.05, 4.69) is 5.32 Å². The van der Waals surface area contributed by atoms with Gasteiger partial charge in [-0.05, 0) is 73.4 Å². The van der Waals surface area contributed by atoms with Gasteiger partial charge in [0.2, 0.25) is 11.8 Å². The molecule has 0 aromatic heterocycles. The van der Waals surface area contributed by atoms with Crippen LogP contribution in [0.25, 0.3) is 0 Å². The maximum atomic E-state index is 14.5. The third-order valence-electron chi connectivity index (χ3n) is 7.43. The zero-order valence-corrected chi connectivity index (χ0v) is 27.9. The summed E-state index contributed by atoms with van der Waals surface area (Å²) in [4.78, 5) is 29.7. The molecular weight excluding hydrogens is 629 g/mol. The first-order chi connectivity index (χ1) is 21.5. The molecule has 0 radical (unpaired) electrons. The Kier molecular flexibility index (Phi) is 11.7. The highest BCUT2D eigenvalue weighted by molar-refractivity contribution is 7.92. The van der Waals surface area contributed by atoms with Crippen LogP contribution >= 0.6 is 23.2 Å². The molecule has 7 nitrogen and oxygen atoms in total. The van der Waals surface area contributed by atoms with E-state index in [-0.39, 0.29) is 23.8 Å². The van der Waals surface area contributed by atoms with E-state index < -0.39 is 28.5 Å². The topological polar surface area (TPSA) is 86.8 Å². The highest BCUT2D eigenvalue weighted by atomic mass is 35.5. The van der Waals surface area contributed by atoms with Gasteiger partial charge in [-0.3, -0.25) is 13.9 Å². The minimum Gasteiger partial charge on any atom is -0.354 e. The summed E-state index contributed by atoms with van der Waals surface area (Å²) < 4.78 is 29.5. The molecule has 0 aliphatic carbocycles. The van der Waals surface area contributed by atoms with Crippen LogP contribution in [-0.4, -0.2) is 44.3 Å². The molecule has 1 atom stereocenters. The molecule has 10 heteroatoms. The predicted molar refractivity (Wildman–Crippen MR) is 181 cm³/mol. The number of carbonyl (C=O) groups excluding carboxylic acids is 2. The van der Waals surface area contributed by atoms with Crippen LogP contribution in [-0.2, 0) is 32.6 Å². The lowest BCUT2D eigenvalue weighted by molar-refractivity contribution is -0.140. The number of rotatable bonds is 13. The average molecular weight is 667 g/mol. The normalized spacial score (nSPS) is 11.9. The summed E-state index contributed by atoms with van der Waals surface area (Å²) in [5, 5.41) is 3.80. The van der Waals surface area contributed by atoms with Gasteiger partial charge in [0.15, 0.2) is 0 Å². The minimum absolute atomic E-state index is 0.00638. The zero-order valence-electron chi connectivity index (χ0n) is 25.5. The summed E-state index contributed by atoms with van der Waals surface area (Å²) in [6, 6.07) is 26.8. The van der Waals surface area contributed by atoms with Gasteiger partial charge in [-0.15, -0.1) is 0 Å². The maximum Gasteiger partial charge on any atom is 0.264 e. The van der Waals surface area contributed by atoms with Gasteiger partial charge in [0.1, 0.15) is 12.6 Å². The Bertz CT molecular complexity index is 1730. The highest BCUT2D eigenvalue weighted by Gasteiger charge is 2.35. The van der Waals surface area contributed by atoms with Gasteiger partial charge in [0.25, 0.3) is 10.0 Å². The number of halogens is 2. The van der Waals surface area contributed by atoms with Crippen molar-refractivity contribution in [2.24, 2.45) is 0 Å². The molecule has 2 amide bonds. The molecule has 0 fully saturated rings. The predicted octanol–water partition coefficient (Wildman–Crippen LogP) is 6.97. The summed E-state index contributed by atoms with van der Waals surface area (Å²) in [7, 11) is -4.22. The van der Waals surface area contributed by atoms with Gasteiger partial charge in [0, 0.05) is 29.6 Å². The van der Waals surface area contributed by atoms with Crippen molar-refractivity contribution in [3.8, 4) is 0 Å². The van der Waals surface area contributed by atoms with E-state index in [1.165, 1.54) is 17.0 Å². The van der Waals surface area contributed by atoms with Crippen molar-refractivity contribution < 1.29 is 18.0 Å². The van der Waals surface area contributed by atoms with Gasteiger partial charge in [-0.1, -0.05) is 96.4 Å². The Balaban J connectivity index is 1.83. The van der Waals surface area contributed by atoms with Gasteiger partial charge in [0.05, 0.1) is 10.6 Å². The summed E-state index contributed by atoms with van der Waals surface area (Å²) >= 11 is 12.8. The van der Waals surface area contributed by atoms with Crippen LogP contribution in [0.3, 0.4) is 0 Å². The number of sulfonamides is 1. The Hall–Kier alpha value is -3.85. The lowest BCUT2D eigenvalue weighted by Gasteiger charge is -2.34. The minimum atomic E-state index is -4.22. The van der Waals surface area contributed by atoms with Crippen molar-refractivity contribution in [2.45, 2.75) is 51.1 Å². The molecule has 0 aliphatic heterocycles. The Labute approximate surface area is 275 Å². The van der Waals surface area contributed by atoms with E-state index in [9.17, 15) is 18.0 Å². The molecule has 0 unspecified atom stereocenters. The van der Waals surface area contributed by atoms with E-state index in [4.69, 9.17) is 23.2 Å². The average Bonchev–Trinajstić information content (AvgIpc) is 3.02. The first kappa shape index (κ1) is 34.0. The van der Waals surface area contributed by atoms with Crippen molar-refractivity contribution in [3.05, 3.63) is 129 Å². The van der Waals surface area contributed by atoms with Crippen molar-refractivity contribution in [2.75, 3.05) is 17.4 Å². The number of amides is 2. The molecule has 0 heterocycles. The van der Waals surface area contributed by atoms with Crippen LogP contribution in [0.4, 0.5) is 5.69 Å². The number of carbonyl (C=O) groups is 2. The fraction of sp³-hybridized carbons (Fsp3) is 0.257. The standard InChI is InChI=1S/C35H37Cl2N3O4S/c1-4-20-38-35(42)33(22-27-10-6-5-7-11-27)39(23-28-12-8-9-13-31(28)37)34(41)24-40(32-19-16-29(36)21-26(32)3)45(43,44)30-17-14-25(2)15-18-30/h5-19,21,33H,4,20,22-24H2,1-3H3,(H,38,42)/t33-/m0/s1. The number of benzene rings is 4. The number of nitrogens with zero attached hydrogens (tertiary/aromatic N) is 2. The third-order valence-corrected chi connectivity index (χ3v) is 9.81. The fourth-order valence-corrected chi connectivity index (χ4v) is 6.88. The maximum absolute atomic E-state index is 14.5. The first-order valence-corrected chi connectivity index (χ1v) is 16.9. The molecule has 0 aliphatic rings. The molecule has 4 rings (SSSR count). The van der Waals surface area contributed by atoms with E-state index in [1.54, 1.807) is 61.5 Å². The molecule has 236 valence electrons. The highest BCUT2D eigenvalue weighted by Crippen LogP contribution is 2.30. The third kappa shape index (κ3) is 8.66. The molecular formula is C35H37Cl2N3O4S.